The molecule has 1 aromatic rings. The number of hydrogen-bond acceptors (Lipinski definition) is 3. The minimum atomic E-state index is -0.219. The average molecular weight is 222 g/mol. The molecule has 2 heterocycles. The molecule has 0 aliphatic carbocycles. The number of methoxy groups -OCH3 is 1. The van der Waals surface area contributed by atoms with Crippen LogP contribution in [0.4, 0.5) is 0 Å². The Morgan fingerprint density at radius 2 is 2.19 bits per heavy atom. The molecule has 2 N–H and O–H groups in total. The van der Waals surface area contributed by atoms with Crippen molar-refractivity contribution in [3.05, 3.63) is 22.5 Å². The minimum absolute atomic E-state index is 0.219. The zero-order valence-corrected chi connectivity index (χ0v) is 10.0. The van der Waals surface area contributed by atoms with Crippen LogP contribution in [0.2, 0.25) is 0 Å². The van der Waals surface area contributed by atoms with Crippen molar-refractivity contribution in [2.45, 2.75) is 32.7 Å². The molecule has 1 aliphatic rings. The normalized spacial score (nSPS) is 15.0. The van der Waals surface area contributed by atoms with Gasteiger partial charge < -0.3 is 15.0 Å². The Labute approximate surface area is 95.4 Å². The predicted molar refractivity (Wildman–Crippen MR) is 61.6 cm³/mol. The van der Waals surface area contributed by atoms with Crippen LogP contribution >= 0.6 is 0 Å². The van der Waals surface area contributed by atoms with Crippen molar-refractivity contribution in [2.24, 2.45) is 0 Å². The van der Waals surface area contributed by atoms with Gasteiger partial charge in [0.25, 0.3) is 0 Å². The topological polar surface area (TPSA) is 54.1 Å². The third kappa shape index (κ3) is 1.73. The number of rotatable bonds is 2. The van der Waals surface area contributed by atoms with E-state index < -0.39 is 0 Å². The average Bonchev–Trinajstić information content (AvgIpc) is 2.67. The van der Waals surface area contributed by atoms with Gasteiger partial charge in [0, 0.05) is 17.9 Å². The largest absolute Gasteiger partial charge is 0.465 e. The molecular formula is C12H18N2O2. The van der Waals surface area contributed by atoms with E-state index in [1.807, 2.05) is 0 Å². The molecule has 0 bridgehead atoms. The first kappa shape index (κ1) is 11.2. The second-order valence-electron chi connectivity index (χ2n) is 4.44. The molecular weight excluding hydrogens is 204 g/mol. The van der Waals surface area contributed by atoms with Crippen LogP contribution in [0, 0.1) is 0 Å². The fourth-order valence-corrected chi connectivity index (χ4v) is 2.24. The van der Waals surface area contributed by atoms with Gasteiger partial charge in [0.2, 0.25) is 0 Å². The zero-order valence-electron chi connectivity index (χ0n) is 10.0. The molecule has 0 saturated heterocycles. The number of ether oxygens (including phenoxy) is 1. The monoisotopic (exact) mass is 222 g/mol. The quantitative estimate of drug-likeness (QED) is 0.747. The van der Waals surface area contributed by atoms with Crippen molar-refractivity contribution >= 4 is 5.97 Å². The summed E-state index contributed by atoms with van der Waals surface area (Å²) in [6.07, 6.45) is 0.892. The van der Waals surface area contributed by atoms with Crippen LogP contribution in [-0.2, 0) is 17.7 Å². The maximum atomic E-state index is 11.8. The first-order valence-electron chi connectivity index (χ1n) is 5.67. The van der Waals surface area contributed by atoms with Gasteiger partial charge in [-0.1, -0.05) is 13.8 Å². The van der Waals surface area contributed by atoms with Gasteiger partial charge in [0.1, 0.15) is 0 Å². The summed E-state index contributed by atoms with van der Waals surface area (Å²) < 4.78 is 4.87. The molecule has 0 atom stereocenters. The molecule has 88 valence electrons. The highest BCUT2D eigenvalue weighted by Gasteiger charge is 2.26. The van der Waals surface area contributed by atoms with E-state index >= 15 is 0 Å². The van der Waals surface area contributed by atoms with Crippen molar-refractivity contribution < 1.29 is 9.53 Å². The van der Waals surface area contributed by atoms with Crippen LogP contribution < -0.4 is 5.32 Å². The SMILES string of the molecule is COC(=O)c1c(C(C)C)[nH]c2c1CCNC2. The van der Waals surface area contributed by atoms with Gasteiger partial charge in [0.15, 0.2) is 0 Å². The van der Waals surface area contributed by atoms with Crippen molar-refractivity contribution in [2.75, 3.05) is 13.7 Å². The third-order valence-electron chi connectivity index (χ3n) is 3.04. The summed E-state index contributed by atoms with van der Waals surface area (Å²) in [7, 11) is 1.44. The highest BCUT2D eigenvalue weighted by atomic mass is 16.5. The lowest BCUT2D eigenvalue weighted by atomic mass is 9.99. The summed E-state index contributed by atoms with van der Waals surface area (Å²) in [6, 6.07) is 0. The zero-order chi connectivity index (χ0) is 11.7. The first-order chi connectivity index (χ1) is 7.65. The lowest BCUT2D eigenvalue weighted by Crippen LogP contribution is -2.24. The lowest BCUT2D eigenvalue weighted by Gasteiger charge is -2.13. The molecule has 16 heavy (non-hydrogen) atoms. The Balaban J connectivity index is 2.52. The Morgan fingerprint density at radius 1 is 1.44 bits per heavy atom. The number of carbonyl (C=O) groups is 1. The van der Waals surface area contributed by atoms with Gasteiger partial charge in [-0.05, 0) is 24.4 Å². The Bertz CT molecular complexity index is 407. The number of esters is 1. The molecule has 0 unspecified atom stereocenters. The summed E-state index contributed by atoms with van der Waals surface area (Å²) >= 11 is 0. The van der Waals surface area contributed by atoms with Crippen LogP contribution in [0.1, 0.15) is 47.1 Å². The molecule has 0 amide bonds. The van der Waals surface area contributed by atoms with Gasteiger partial charge in [-0.25, -0.2) is 4.79 Å². The van der Waals surface area contributed by atoms with Crippen LogP contribution in [-0.4, -0.2) is 24.6 Å². The van der Waals surface area contributed by atoms with Crippen molar-refractivity contribution in [1.29, 1.82) is 0 Å². The van der Waals surface area contributed by atoms with Crippen molar-refractivity contribution in [1.82, 2.24) is 10.3 Å². The van der Waals surface area contributed by atoms with E-state index in [9.17, 15) is 4.79 Å². The Hall–Kier alpha value is -1.29. The Morgan fingerprint density at radius 3 is 2.81 bits per heavy atom. The second-order valence-corrected chi connectivity index (χ2v) is 4.44. The van der Waals surface area contributed by atoms with E-state index in [2.05, 4.69) is 24.1 Å². The fourth-order valence-electron chi connectivity index (χ4n) is 2.24. The number of H-pyrrole nitrogens is 1. The summed E-state index contributed by atoms with van der Waals surface area (Å²) in [4.78, 5) is 15.2. The summed E-state index contributed by atoms with van der Waals surface area (Å²) in [6.45, 7) is 5.90. The molecule has 0 radical (unpaired) electrons. The maximum absolute atomic E-state index is 11.8. The maximum Gasteiger partial charge on any atom is 0.339 e. The number of carbonyl (C=O) groups excluding carboxylic acids is 1. The van der Waals surface area contributed by atoms with Crippen LogP contribution in [0.25, 0.3) is 0 Å². The smallest absolute Gasteiger partial charge is 0.339 e. The van der Waals surface area contributed by atoms with Crippen molar-refractivity contribution in [3.63, 3.8) is 0 Å². The highest BCUT2D eigenvalue weighted by Crippen LogP contribution is 2.27. The number of fused-ring (bicyclic) bond motifs is 1. The molecule has 2 rings (SSSR count). The summed E-state index contributed by atoms with van der Waals surface area (Å²) in [5.41, 5.74) is 4.03. The molecule has 4 nitrogen and oxygen atoms in total. The van der Waals surface area contributed by atoms with E-state index in [4.69, 9.17) is 4.74 Å². The molecule has 4 heteroatoms. The van der Waals surface area contributed by atoms with Crippen LogP contribution in [0.3, 0.4) is 0 Å². The fraction of sp³-hybridized carbons (Fsp3) is 0.583. The standard InChI is InChI=1S/C12H18N2O2/c1-7(2)11-10(12(15)16-3)8-4-5-13-6-9(8)14-11/h7,13-14H,4-6H2,1-3H3. The molecule has 0 spiro atoms. The van der Waals surface area contributed by atoms with Gasteiger partial charge in [-0.3, -0.25) is 0 Å². The van der Waals surface area contributed by atoms with E-state index in [1.165, 1.54) is 7.11 Å². The van der Waals surface area contributed by atoms with Gasteiger partial charge in [-0.15, -0.1) is 0 Å². The Kier molecular flexibility index (Phi) is 3.01. The highest BCUT2D eigenvalue weighted by molar-refractivity contribution is 5.93. The van der Waals surface area contributed by atoms with Gasteiger partial charge in [0.05, 0.1) is 12.7 Å². The third-order valence-corrected chi connectivity index (χ3v) is 3.04. The van der Waals surface area contributed by atoms with E-state index in [0.29, 0.717) is 5.92 Å². The van der Waals surface area contributed by atoms with Gasteiger partial charge >= 0.3 is 5.97 Å². The van der Waals surface area contributed by atoms with E-state index in [-0.39, 0.29) is 5.97 Å². The number of aromatic amines is 1. The second kappa shape index (κ2) is 4.29. The number of nitrogens with one attached hydrogen (secondary N) is 2. The molecule has 1 aliphatic heterocycles. The molecule has 0 aromatic carbocycles. The van der Waals surface area contributed by atoms with Crippen LogP contribution in [0.15, 0.2) is 0 Å². The summed E-state index contributed by atoms with van der Waals surface area (Å²) in [5, 5.41) is 3.29. The first-order valence-corrected chi connectivity index (χ1v) is 5.67. The molecule has 0 saturated carbocycles. The minimum Gasteiger partial charge on any atom is -0.465 e. The van der Waals surface area contributed by atoms with E-state index in [0.717, 1.165) is 42.0 Å². The van der Waals surface area contributed by atoms with Crippen LogP contribution in [0.5, 0.6) is 0 Å². The van der Waals surface area contributed by atoms with Crippen molar-refractivity contribution in [3.8, 4) is 0 Å². The number of aromatic nitrogens is 1. The van der Waals surface area contributed by atoms with Gasteiger partial charge in [-0.2, -0.15) is 0 Å². The summed E-state index contributed by atoms with van der Waals surface area (Å²) in [5.74, 6) is 0.0859. The molecule has 0 fully saturated rings. The predicted octanol–water partition coefficient (Wildman–Crippen LogP) is 1.57. The number of hydrogen-bond donors (Lipinski definition) is 2. The lowest BCUT2D eigenvalue weighted by molar-refractivity contribution is 0.0598. The van der Waals surface area contributed by atoms with E-state index in [1.54, 1.807) is 0 Å². The molecule has 1 aromatic heterocycles.